The molecule has 0 atom stereocenters. The number of nitrogens with one attached hydrogen (secondary N) is 1. The summed E-state index contributed by atoms with van der Waals surface area (Å²) in [6, 6.07) is 6.85. The van der Waals surface area contributed by atoms with Crippen LogP contribution in [0.2, 0.25) is 0 Å². The first-order valence-electron chi connectivity index (χ1n) is 4.82. The van der Waals surface area contributed by atoms with Gasteiger partial charge in [0, 0.05) is 5.56 Å². The highest BCUT2D eigenvalue weighted by molar-refractivity contribution is 5.59. The summed E-state index contributed by atoms with van der Waals surface area (Å²) in [5.41, 5.74) is 1.24. The lowest BCUT2D eigenvalue weighted by atomic mass is 10.1. The van der Waals surface area contributed by atoms with Crippen LogP contribution in [0.1, 0.15) is 17.5 Å². The summed E-state index contributed by atoms with van der Waals surface area (Å²) in [4.78, 5) is 0. The molecule has 0 fully saturated rings. The monoisotopic (exact) mass is 202 g/mol. The van der Waals surface area contributed by atoms with Crippen LogP contribution in [0.3, 0.4) is 0 Å². The molecule has 2 N–H and O–H groups in total. The summed E-state index contributed by atoms with van der Waals surface area (Å²) < 4.78 is 0. The normalized spacial score (nSPS) is 10.4. The number of rotatable bonds is 4. The second-order valence-electron chi connectivity index (χ2n) is 3.18. The van der Waals surface area contributed by atoms with Gasteiger partial charge in [-0.3, -0.25) is 0 Å². The largest absolute Gasteiger partial charge is 0.507 e. The summed E-state index contributed by atoms with van der Waals surface area (Å²) in [5.74, 6) is 0.203. The average molecular weight is 202 g/mol. The Morgan fingerprint density at radius 1 is 1.53 bits per heavy atom. The molecule has 0 aliphatic carbocycles. The van der Waals surface area contributed by atoms with Gasteiger partial charge in [0.1, 0.15) is 5.75 Å². The van der Waals surface area contributed by atoms with Crippen LogP contribution in [-0.4, -0.2) is 18.7 Å². The third kappa shape index (κ3) is 3.45. The van der Waals surface area contributed by atoms with Crippen molar-refractivity contribution in [2.75, 3.05) is 13.6 Å². The number of hydrogen-bond donors (Lipinski definition) is 2. The highest BCUT2D eigenvalue weighted by atomic mass is 16.3. The Kier molecular flexibility index (Phi) is 4.39. The lowest BCUT2D eigenvalue weighted by molar-refractivity contribution is 0.474. The molecule has 1 aromatic rings. The lowest BCUT2D eigenvalue weighted by Crippen LogP contribution is -2.05. The molecular formula is C12H14N2O. The van der Waals surface area contributed by atoms with Crippen LogP contribution in [-0.2, 0) is 0 Å². The Labute approximate surface area is 89.7 Å². The zero-order valence-corrected chi connectivity index (χ0v) is 8.70. The minimum Gasteiger partial charge on any atom is -0.507 e. The summed E-state index contributed by atoms with van der Waals surface area (Å²) in [6.45, 7) is 0.898. The number of nitriles is 1. The van der Waals surface area contributed by atoms with E-state index in [2.05, 4.69) is 5.32 Å². The van der Waals surface area contributed by atoms with Gasteiger partial charge in [-0.2, -0.15) is 5.26 Å². The van der Waals surface area contributed by atoms with Crippen molar-refractivity contribution in [1.82, 2.24) is 5.32 Å². The van der Waals surface area contributed by atoms with Crippen molar-refractivity contribution in [3.8, 4) is 11.8 Å². The maximum Gasteiger partial charge on any atom is 0.122 e. The molecule has 0 aliphatic heterocycles. The highest BCUT2D eigenvalue weighted by Crippen LogP contribution is 2.19. The van der Waals surface area contributed by atoms with E-state index in [0.717, 1.165) is 13.0 Å². The molecule has 0 aromatic heterocycles. The molecular weight excluding hydrogens is 188 g/mol. The van der Waals surface area contributed by atoms with Crippen LogP contribution < -0.4 is 5.32 Å². The predicted octanol–water partition coefficient (Wildman–Crippen LogP) is 1.89. The summed E-state index contributed by atoms with van der Waals surface area (Å²) >= 11 is 0. The van der Waals surface area contributed by atoms with Gasteiger partial charge >= 0.3 is 0 Å². The fraction of sp³-hybridized carbons (Fsp3) is 0.250. The van der Waals surface area contributed by atoms with Gasteiger partial charge in [-0.25, -0.2) is 0 Å². The quantitative estimate of drug-likeness (QED) is 0.733. The highest BCUT2D eigenvalue weighted by Gasteiger charge is 1.98. The van der Waals surface area contributed by atoms with Gasteiger partial charge in [0.2, 0.25) is 0 Å². The number of phenolic OH excluding ortho intramolecular Hbond substituents is 1. The third-order valence-electron chi connectivity index (χ3n) is 2.02. The minimum atomic E-state index is 0.203. The molecule has 0 spiro atoms. The fourth-order valence-corrected chi connectivity index (χ4v) is 1.20. The molecule has 0 saturated heterocycles. The summed E-state index contributed by atoms with van der Waals surface area (Å²) in [6.07, 6.45) is 4.69. The third-order valence-corrected chi connectivity index (χ3v) is 2.02. The fourth-order valence-electron chi connectivity index (χ4n) is 1.20. The van der Waals surface area contributed by atoms with Crippen molar-refractivity contribution in [2.24, 2.45) is 0 Å². The van der Waals surface area contributed by atoms with Gasteiger partial charge in [0.05, 0.1) is 11.6 Å². The van der Waals surface area contributed by atoms with Gasteiger partial charge in [-0.1, -0.05) is 12.2 Å². The van der Waals surface area contributed by atoms with Crippen molar-refractivity contribution < 1.29 is 5.11 Å². The van der Waals surface area contributed by atoms with Gasteiger partial charge in [-0.15, -0.1) is 0 Å². The van der Waals surface area contributed by atoms with E-state index in [1.54, 1.807) is 12.1 Å². The van der Waals surface area contributed by atoms with Gasteiger partial charge < -0.3 is 10.4 Å². The SMILES string of the molecule is CNCCC=Cc1cc(C#N)ccc1O. The Morgan fingerprint density at radius 3 is 3.00 bits per heavy atom. The standard InChI is InChI=1S/C12H14N2O/c1-14-7-3-2-4-11-8-10(9-13)5-6-12(11)15/h2,4-6,8,14-15H,3,7H2,1H3. The number of aromatic hydroxyl groups is 1. The first-order chi connectivity index (χ1) is 7.27. The second-order valence-corrected chi connectivity index (χ2v) is 3.18. The molecule has 0 unspecified atom stereocenters. The summed E-state index contributed by atoms with van der Waals surface area (Å²) in [5, 5.41) is 21.2. The number of hydrogen-bond acceptors (Lipinski definition) is 3. The Balaban J connectivity index is 2.76. The van der Waals surface area contributed by atoms with E-state index in [9.17, 15) is 5.11 Å². The molecule has 0 bridgehead atoms. The zero-order valence-electron chi connectivity index (χ0n) is 8.70. The van der Waals surface area contributed by atoms with E-state index in [1.807, 2.05) is 25.3 Å². The molecule has 15 heavy (non-hydrogen) atoms. The summed E-state index contributed by atoms with van der Waals surface area (Å²) in [7, 11) is 1.89. The van der Waals surface area contributed by atoms with Crippen LogP contribution in [0.25, 0.3) is 6.08 Å². The number of nitrogens with zero attached hydrogens (tertiary/aromatic N) is 1. The maximum absolute atomic E-state index is 9.51. The molecule has 3 nitrogen and oxygen atoms in total. The van der Waals surface area contributed by atoms with Crippen LogP contribution in [0, 0.1) is 11.3 Å². The molecule has 0 radical (unpaired) electrons. The van der Waals surface area contributed by atoms with Crippen LogP contribution >= 0.6 is 0 Å². The molecule has 1 aromatic carbocycles. The minimum absolute atomic E-state index is 0.203. The Bertz CT molecular complexity index is 391. The molecule has 0 amide bonds. The van der Waals surface area contributed by atoms with Crippen molar-refractivity contribution in [1.29, 1.82) is 5.26 Å². The molecule has 0 aliphatic rings. The first-order valence-corrected chi connectivity index (χ1v) is 4.82. The van der Waals surface area contributed by atoms with E-state index in [4.69, 9.17) is 5.26 Å². The topological polar surface area (TPSA) is 56.0 Å². The van der Waals surface area contributed by atoms with Crippen LogP contribution in [0.5, 0.6) is 5.75 Å². The molecule has 0 heterocycles. The van der Waals surface area contributed by atoms with E-state index >= 15 is 0 Å². The second kappa shape index (κ2) is 5.84. The first kappa shape index (κ1) is 11.3. The van der Waals surface area contributed by atoms with Crippen molar-refractivity contribution in [3.63, 3.8) is 0 Å². The molecule has 1 rings (SSSR count). The van der Waals surface area contributed by atoms with E-state index in [1.165, 1.54) is 6.07 Å². The zero-order chi connectivity index (χ0) is 11.1. The van der Waals surface area contributed by atoms with Crippen molar-refractivity contribution >= 4 is 6.08 Å². The molecule has 0 saturated carbocycles. The Hall–Kier alpha value is -1.79. The average Bonchev–Trinajstić information content (AvgIpc) is 2.26. The van der Waals surface area contributed by atoms with Crippen molar-refractivity contribution in [2.45, 2.75) is 6.42 Å². The maximum atomic E-state index is 9.51. The van der Waals surface area contributed by atoms with E-state index in [-0.39, 0.29) is 5.75 Å². The van der Waals surface area contributed by atoms with E-state index < -0.39 is 0 Å². The number of phenols is 1. The van der Waals surface area contributed by atoms with Crippen molar-refractivity contribution in [3.05, 3.63) is 35.4 Å². The van der Waals surface area contributed by atoms with E-state index in [0.29, 0.717) is 11.1 Å². The van der Waals surface area contributed by atoms with Gasteiger partial charge in [0.25, 0.3) is 0 Å². The van der Waals surface area contributed by atoms with Gasteiger partial charge in [-0.05, 0) is 38.2 Å². The van der Waals surface area contributed by atoms with Crippen LogP contribution in [0.4, 0.5) is 0 Å². The predicted molar refractivity (Wildman–Crippen MR) is 60.4 cm³/mol. The van der Waals surface area contributed by atoms with Gasteiger partial charge in [0.15, 0.2) is 0 Å². The lowest BCUT2D eigenvalue weighted by Gasteiger charge is -1.99. The Morgan fingerprint density at radius 2 is 2.33 bits per heavy atom. The molecule has 3 heteroatoms. The van der Waals surface area contributed by atoms with Crippen LogP contribution in [0.15, 0.2) is 24.3 Å². The number of benzene rings is 1. The smallest absolute Gasteiger partial charge is 0.122 e. The molecule has 78 valence electrons.